The number of halogens is 1. The summed E-state index contributed by atoms with van der Waals surface area (Å²) >= 11 is 3.91. The molecule has 19 heavy (non-hydrogen) atoms. The molecule has 6 nitrogen and oxygen atoms in total. The maximum atomic E-state index is 12.0. The molecule has 0 aliphatic rings. The van der Waals surface area contributed by atoms with Gasteiger partial charge in [0, 0.05) is 13.2 Å². The van der Waals surface area contributed by atoms with Crippen molar-refractivity contribution in [2.24, 2.45) is 5.92 Å². The van der Waals surface area contributed by atoms with Crippen molar-refractivity contribution < 1.29 is 23.4 Å². The molecule has 0 saturated carbocycles. The third-order valence-corrected chi connectivity index (χ3v) is 6.06. The average molecular weight is 372 g/mol. The third kappa shape index (κ3) is 4.53. The lowest BCUT2D eigenvalue weighted by molar-refractivity contribution is 0.0702. The topological polar surface area (TPSA) is 104 Å². The number of sulfonamides is 1. The quantitative estimate of drug-likeness (QED) is 0.673. The Morgan fingerprint density at radius 1 is 1.58 bits per heavy atom. The summed E-state index contributed by atoms with van der Waals surface area (Å²) in [5.41, 5.74) is 0. The Kier molecular flexibility index (Phi) is 5.93. The molecular weight excluding hydrogens is 358 g/mol. The molecule has 1 heterocycles. The third-order valence-electron chi connectivity index (χ3n) is 2.40. The van der Waals surface area contributed by atoms with Gasteiger partial charge in [0.1, 0.15) is 9.77 Å². The van der Waals surface area contributed by atoms with Crippen LogP contribution in [-0.2, 0) is 10.0 Å². The number of nitrogens with one attached hydrogen (secondary N) is 1. The summed E-state index contributed by atoms with van der Waals surface area (Å²) in [6.45, 7) is 1.99. The van der Waals surface area contributed by atoms with Gasteiger partial charge in [-0.1, -0.05) is 6.92 Å². The highest BCUT2D eigenvalue weighted by Gasteiger charge is 2.23. The summed E-state index contributed by atoms with van der Waals surface area (Å²) in [4.78, 5) is 10.7. The first-order valence-electron chi connectivity index (χ1n) is 5.41. The van der Waals surface area contributed by atoms with E-state index in [1.165, 1.54) is 0 Å². The largest absolute Gasteiger partial charge is 0.477 e. The van der Waals surface area contributed by atoms with Gasteiger partial charge in [-0.15, -0.1) is 11.3 Å². The van der Waals surface area contributed by atoms with E-state index < -0.39 is 16.0 Å². The molecule has 9 heteroatoms. The van der Waals surface area contributed by atoms with Crippen molar-refractivity contribution in [3.8, 4) is 0 Å². The van der Waals surface area contributed by atoms with Gasteiger partial charge in [-0.25, -0.2) is 17.9 Å². The molecule has 1 atom stereocenters. The second-order valence-electron chi connectivity index (χ2n) is 4.02. The minimum absolute atomic E-state index is 0.00358. The standard InChI is InChI=1S/C10H14BrNO5S2/c1-6(2-3-13)5-12-19(16,17)8-4-7(10(14)15)18-9(8)11/h4,6,12-13H,2-3,5H2,1H3,(H,14,15). The van der Waals surface area contributed by atoms with Gasteiger partial charge in [-0.05, 0) is 34.3 Å². The molecule has 0 aliphatic carbocycles. The summed E-state index contributed by atoms with van der Waals surface area (Å²) < 4.78 is 26.7. The molecule has 1 rings (SSSR count). The number of rotatable bonds is 7. The van der Waals surface area contributed by atoms with Gasteiger partial charge in [-0.3, -0.25) is 0 Å². The molecule has 0 aromatic carbocycles. The maximum Gasteiger partial charge on any atom is 0.345 e. The van der Waals surface area contributed by atoms with E-state index in [1.807, 2.05) is 6.92 Å². The van der Waals surface area contributed by atoms with Gasteiger partial charge in [0.15, 0.2) is 0 Å². The zero-order valence-corrected chi connectivity index (χ0v) is 13.3. The highest BCUT2D eigenvalue weighted by Crippen LogP contribution is 2.31. The van der Waals surface area contributed by atoms with Crippen LogP contribution in [0.1, 0.15) is 23.0 Å². The van der Waals surface area contributed by atoms with Gasteiger partial charge in [0.2, 0.25) is 10.0 Å². The van der Waals surface area contributed by atoms with Crippen LogP contribution < -0.4 is 4.72 Å². The van der Waals surface area contributed by atoms with Crippen LogP contribution in [-0.4, -0.2) is 37.8 Å². The maximum absolute atomic E-state index is 12.0. The molecule has 108 valence electrons. The number of hydrogen-bond acceptors (Lipinski definition) is 5. The van der Waals surface area contributed by atoms with Gasteiger partial charge in [0.05, 0.1) is 3.79 Å². The van der Waals surface area contributed by atoms with E-state index in [4.69, 9.17) is 10.2 Å². The smallest absolute Gasteiger partial charge is 0.345 e. The number of aliphatic hydroxyl groups is 1. The molecule has 1 unspecified atom stereocenters. The monoisotopic (exact) mass is 371 g/mol. The molecular formula is C10H14BrNO5S2. The Labute approximate surface area is 123 Å². The van der Waals surface area contributed by atoms with E-state index >= 15 is 0 Å². The zero-order chi connectivity index (χ0) is 14.6. The zero-order valence-electron chi connectivity index (χ0n) is 10.1. The van der Waals surface area contributed by atoms with Crippen LogP contribution >= 0.6 is 27.3 Å². The number of carbonyl (C=O) groups is 1. The molecule has 1 aromatic heterocycles. The van der Waals surface area contributed by atoms with Crippen LogP contribution in [0.2, 0.25) is 0 Å². The molecule has 0 bridgehead atoms. The van der Waals surface area contributed by atoms with Crippen LogP contribution in [0.5, 0.6) is 0 Å². The molecule has 1 aromatic rings. The Morgan fingerprint density at radius 2 is 2.21 bits per heavy atom. The number of carboxylic acids is 1. The van der Waals surface area contributed by atoms with E-state index in [0.29, 0.717) is 6.42 Å². The van der Waals surface area contributed by atoms with Gasteiger partial charge >= 0.3 is 5.97 Å². The molecule has 0 amide bonds. The second-order valence-corrected chi connectivity index (χ2v) is 8.13. The lowest BCUT2D eigenvalue weighted by Gasteiger charge is -2.11. The lowest BCUT2D eigenvalue weighted by Crippen LogP contribution is -2.28. The van der Waals surface area contributed by atoms with Gasteiger partial charge < -0.3 is 10.2 Å². The Hall–Kier alpha value is -0.480. The van der Waals surface area contributed by atoms with Crippen molar-refractivity contribution in [3.63, 3.8) is 0 Å². The van der Waals surface area contributed by atoms with Crippen molar-refractivity contribution >= 4 is 43.3 Å². The number of aromatic carboxylic acids is 1. The van der Waals surface area contributed by atoms with Crippen molar-refractivity contribution in [1.82, 2.24) is 4.72 Å². The Balaban J connectivity index is 2.86. The number of carboxylic acid groups (broad SMARTS) is 1. The van der Waals surface area contributed by atoms with Gasteiger partial charge in [0.25, 0.3) is 0 Å². The predicted molar refractivity (Wildman–Crippen MR) is 75.0 cm³/mol. The highest BCUT2D eigenvalue weighted by atomic mass is 79.9. The number of thiophene rings is 1. The van der Waals surface area contributed by atoms with E-state index in [2.05, 4.69) is 20.7 Å². The lowest BCUT2D eigenvalue weighted by atomic mass is 10.1. The van der Waals surface area contributed by atoms with Gasteiger partial charge in [-0.2, -0.15) is 0 Å². The molecule has 0 saturated heterocycles. The summed E-state index contributed by atoms with van der Waals surface area (Å²) in [6, 6.07) is 1.12. The highest BCUT2D eigenvalue weighted by molar-refractivity contribution is 9.11. The van der Waals surface area contributed by atoms with Crippen molar-refractivity contribution in [3.05, 3.63) is 14.7 Å². The van der Waals surface area contributed by atoms with E-state index in [0.717, 1.165) is 17.4 Å². The van der Waals surface area contributed by atoms with E-state index in [-0.39, 0.29) is 32.6 Å². The van der Waals surface area contributed by atoms with Crippen LogP contribution in [0, 0.1) is 5.92 Å². The van der Waals surface area contributed by atoms with Crippen LogP contribution in [0.3, 0.4) is 0 Å². The Morgan fingerprint density at radius 3 is 2.68 bits per heavy atom. The molecule has 0 spiro atoms. The van der Waals surface area contributed by atoms with Crippen molar-refractivity contribution in [2.75, 3.05) is 13.2 Å². The molecule has 0 fully saturated rings. The summed E-state index contributed by atoms with van der Waals surface area (Å²) in [7, 11) is -3.75. The minimum Gasteiger partial charge on any atom is -0.477 e. The Bertz CT molecular complexity index is 554. The first kappa shape index (κ1) is 16.6. The van der Waals surface area contributed by atoms with Crippen LogP contribution in [0.4, 0.5) is 0 Å². The van der Waals surface area contributed by atoms with Crippen LogP contribution in [0.25, 0.3) is 0 Å². The van der Waals surface area contributed by atoms with Crippen LogP contribution in [0.15, 0.2) is 14.7 Å². The second kappa shape index (κ2) is 6.80. The molecule has 0 aliphatic heterocycles. The summed E-state index contributed by atoms with van der Waals surface area (Å²) in [5.74, 6) is -1.17. The fourth-order valence-electron chi connectivity index (χ4n) is 1.29. The number of hydrogen-bond donors (Lipinski definition) is 3. The van der Waals surface area contributed by atoms with E-state index in [1.54, 1.807) is 0 Å². The molecule has 3 N–H and O–H groups in total. The fraction of sp³-hybridized carbons (Fsp3) is 0.500. The predicted octanol–water partition coefficient (Wildman–Crippen LogP) is 1.51. The first-order valence-corrected chi connectivity index (χ1v) is 8.50. The molecule has 0 radical (unpaired) electrons. The average Bonchev–Trinajstić information content (AvgIpc) is 2.70. The minimum atomic E-state index is -3.75. The number of aliphatic hydroxyl groups excluding tert-OH is 1. The van der Waals surface area contributed by atoms with Crippen molar-refractivity contribution in [2.45, 2.75) is 18.2 Å². The summed E-state index contributed by atoms with van der Waals surface area (Å²) in [5, 5.41) is 17.6. The normalized spacial score (nSPS) is 13.4. The van der Waals surface area contributed by atoms with Crippen molar-refractivity contribution in [1.29, 1.82) is 0 Å². The fourth-order valence-corrected chi connectivity index (χ4v) is 4.86. The summed E-state index contributed by atoms with van der Waals surface area (Å²) in [6.07, 6.45) is 0.494. The first-order chi connectivity index (χ1) is 8.77. The van der Waals surface area contributed by atoms with E-state index in [9.17, 15) is 13.2 Å². The SMILES string of the molecule is CC(CCO)CNS(=O)(=O)c1cc(C(=O)O)sc1Br.